The number of hydrogen-bond donors (Lipinski definition) is 1. The van der Waals surface area contributed by atoms with Crippen LogP contribution >= 0.6 is 22.9 Å². The quantitative estimate of drug-likeness (QED) is 0.334. The molecule has 0 bridgehead atoms. The third-order valence-electron chi connectivity index (χ3n) is 6.55. The molecule has 0 radical (unpaired) electrons. The Hall–Kier alpha value is -3.56. The zero-order chi connectivity index (χ0) is 25.3. The summed E-state index contributed by atoms with van der Waals surface area (Å²) >= 11 is 7.19. The van der Waals surface area contributed by atoms with Crippen molar-refractivity contribution < 1.29 is 13.9 Å². The third kappa shape index (κ3) is 3.61. The molecule has 3 heterocycles. The molecule has 1 aliphatic carbocycles. The third-order valence-corrected chi connectivity index (χ3v) is 7.96. The average Bonchev–Trinajstić information content (AvgIpc) is 3.62. The topological polar surface area (TPSA) is 77.1 Å². The molecule has 1 aliphatic rings. The van der Waals surface area contributed by atoms with Gasteiger partial charge in [0.15, 0.2) is 17.4 Å². The smallest absolute Gasteiger partial charge is 0.263 e. The first-order valence-corrected chi connectivity index (χ1v) is 12.4. The molecule has 182 valence electrons. The molecule has 1 N–H and O–H groups in total. The summed E-state index contributed by atoms with van der Waals surface area (Å²) in [6.07, 6.45) is 3.25. The summed E-state index contributed by atoms with van der Waals surface area (Å²) in [5.41, 5.74) is 0.811. The van der Waals surface area contributed by atoms with Gasteiger partial charge < -0.3 is 9.67 Å². The van der Waals surface area contributed by atoms with Gasteiger partial charge in [-0.2, -0.15) is 0 Å². The van der Waals surface area contributed by atoms with E-state index in [1.54, 1.807) is 25.4 Å². The Morgan fingerprint density at radius 1 is 1.14 bits per heavy atom. The zero-order valence-corrected chi connectivity index (χ0v) is 20.5. The van der Waals surface area contributed by atoms with Gasteiger partial charge in [0.05, 0.1) is 21.7 Å². The highest BCUT2D eigenvalue weighted by molar-refractivity contribution is 7.25. The van der Waals surface area contributed by atoms with E-state index in [0.29, 0.717) is 31.6 Å². The highest BCUT2D eigenvalue weighted by atomic mass is 35.5. The van der Waals surface area contributed by atoms with Crippen LogP contribution in [0.15, 0.2) is 52.2 Å². The van der Waals surface area contributed by atoms with Gasteiger partial charge >= 0.3 is 0 Å². The minimum absolute atomic E-state index is 0.00675. The Kier molecular flexibility index (Phi) is 5.24. The molecule has 0 spiro atoms. The van der Waals surface area contributed by atoms with Crippen LogP contribution in [-0.2, 0) is 13.6 Å². The summed E-state index contributed by atoms with van der Waals surface area (Å²) in [5.74, 6) is -1.92. The van der Waals surface area contributed by atoms with Crippen molar-refractivity contribution in [2.75, 3.05) is 0 Å². The van der Waals surface area contributed by atoms with Crippen LogP contribution in [0.2, 0.25) is 5.02 Å². The van der Waals surface area contributed by atoms with Crippen LogP contribution in [0.5, 0.6) is 5.75 Å². The number of nitrogens with zero attached hydrogens (tertiary/aromatic N) is 3. The Bertz CT molecular complexity index is 1840. The maximum atomic E-state index is 14.5. The van der Waals surface area contributed by atoms with Gasteiger partial charge in [0.2, 0.25) is 0 Å². The number of phenols is 1. The fourth-order valence-corrected chi connectivity index (χ4v) is 5.82. The van der Waals surface area contributed by atoms with E-state index in [1.807, 2.05) is 0 Å². The highest BCUT2D eigenvalue weighted by Gasteiger charge is 2.30. The van der Waals surface area contributed by atoms with Crippen LogP contribution in [0.25, 0.3) is 31.7 Å². The van der Waals surface area contributed by atoms with Gasteiger partial charge in [0.25, 0.3) is 11.1 Å². The van der Waals surface area contributed by atoms with Crippen molar-refractivity contribution in [1.82, 2.24) is 14.1 Å². The molecule has 5 aromatic rings. The van der Waals surface area contributed by atoms with Crippen LogP contribution in [-0.4, -0.2) is 19.2 Å². The SMILES string of the molecule is Cn1ccc(Cn2c(-c3cc(F)c(F)cc3C3CC3)nc3sc4c(O)c(Cl)ccc4c3c2=O)cc1=O. The largest absolute Gasteiger partial charge is 0.505 e. The number of aromatic nitrogens is 3. The normalized spacial score (nSPS) is 13.7. The number of pyridine rings is 1. The standard InChI is InChI=1S/C26H18ClF2N3O3S/c1-31-7-6-12(8-20(31)33)11-32-24(16-10-19(29)18(28)9-15(16)13-2-3-13)30-25-21(26(32)35)14-4-5-17(27)22(34)23(14)36-25/h4-10,13,34H,2-3,11H2,1H3. The number of aromatic hydroxyl groups is 1. The van der Waals surface area contributed by atoms with E-state index >= 15 is 0 Å². The van der Waals surface area contributed by atoms with Crippen molar-refractivity contribution in [2.24, 2.45) is 7.05 Å². The van der Waals surface area contributed by atoms with Crippen molar-refractivity contribution in [1.29, 1.82) is 0 Å². The summed E-state index contributed by atoms with van der Waals surface area (Å²) in [5, 5.41) is 11.4. The van der Waals surface area contributed by atoms with Gasteiger partial charge in [-0.25, -0.2) is 13.8 Å². The summed E-state index contributed by atoms with van der Waals surface area (Å²) in [6, 6.07) is 8.55. The molecule has 0 atom stereocenters. The van der Waals surface area contributed by atoms with E-state index < -0.39 is 17.2 Å². The van der Waals surface area contributed by atoms with E-state index in [1.165, 1.54) is 27.3 Å². The molecule has 2 aromatic carbocycles. The minimum atomic E-state index is -1.04. The Balaban J connectivity index is 1.69. The van der Waals surface area contributed by atoms with Gasteiger partial charge in [0, 0.05) is 30.3 Å². The molecule has 36 heavy (non-hydrogen) atoms. The predicted molar refractivity (Wildman–Crippen MR) is 136 cm³/mol. The van der Waals surface area contributed by atoms with Crippen LogP contribution < -0.4 is 11.1 Å². The van der Waals surface area contributed by atoms with Gasteiger partial charge in [-0.15, -0.1) is 11.3 Å². The molecule has 10 heteroatoms. The number of hydrogen-bond acceptors (Lipinski definition) is 5. The van der Waals surface area contributed by atoms with Crippen molar-refractivity contribution in [2.45, 2.75) is 25.3 Å². The number of halogens is 3. The fraction of sp³-hybridized carbons (Fsp3) is 0.192. The van der Waals surface area contributed by atoms with E-state index in [2.05, 4.69) is 0 Å². The van der Waals surface area contributed by atoms with Crippen LogP contribution in [0.3, 0.4) is 0 Å². The highest BCUT2D eigenvalue weighted by Crippen LogP contribution is 2.46. The van der Waals surface area contributed by atoms with E-state index in [-0.39, 0.29) is 40.0 Å². The Morgan fingerprint density at radius 3 is 2.61 bits per heavy atom. The monoisotopic (exact) mass is 525 g/mol. The fourth-order valence-electron chi connectivity index (χ4n) is 4.49. The molecule has 0 aliphatic heterocycles. The lowest BCUT2D eigenvalue weighted by Crippen LogP contribution is -2.25. The van der Waals surface area contributed by atoms with Crippen LogP contribution in [0.4, 0.5) is 8.78 Å². The minimum Gasteiger partial charge on any atom is -0.505 e. The molecular weight excluding hydrogens is 508 g/mol. The van der Waals surface area contributed by atoms with Gasteiger partial charge in [0.1, 0.15) is 10.7 Å². The number of fused-ring (bicyclic) bond motifs is 3. The summed E-state index contributed by atoms with van der Waals surface area (Å²) < 4.78 is 31.9. The maximum Gasteiger partial charge on any atom is 0.263 e. The van der Waals surface area contributed by atoms with E-state index in [0.717, 1.165) is 30.2 Å². The van der Waals surface area contributed by atoms with Crippen molar-refractivity contribution >= 4 is 43.2 Å². The van der Waals surface area contributed by atoms with Crippen molar-refractivity contribution in [3.63, 3.8) is 0 Å². The Labute approximate surface area is 211 Å². The summed E-state index contributed by atoms with van der Waals surface area (Å²) in [7, 11) is 1.62. The maximum absolute atomic E-state index is 14.5. The first-order valence-electron chi connectivity index (χ1n) is 11.2. The van der Waals surface area contributed by atoms with Crippen molar-refractivity contribution in [3.05, 3.63) is 91.1 Å². The second kappa shape index (κ2) is 8.25. The second-order valence-corrected chi connectivity index (χ2v) is 10.4. The lowest BCUT2D eigenvalue weighted by molar-refractivity contribution is 0.483. The zero-order valence-electron chi connectivity index (χ0n) is 18.9. The number of aryl methyl sites for hydroxylation is 1. The number of thiophene rings is 1. The van der Waals surface area contributed by atoms with Gasteiger partial charge in [-0.1, -0.05) is 17.7 Å². The summed E-state index contributed by atoms with van der Waals surface area (Å²) in [4.78, 5) is 31.3. The molecule has 0 unspecified atom stereocenters. The molecule has 6 rings (SSSR count). The number of phenolic OH excluding ortho intramolecular Hbond substituents is 1. The Morgan fingerprint density at radius 2 is 1.89 bits per heavy atom. The lowest BCUT2D eigenvalue weighted by atomic mass is 10.0. The van der Waals surface area contributed by atoms with E-state index in [9.17, 15) is 23.5 Å². The van der Waals surface area contributed by atoms with Gasteiger partial charge in [-0.3, -0.25) is 14.2 Å². The van der Waals surface area contributed by atoms with E-state index in [4.69, 9.17) is 16.6 Å². The molecule has 3 aromatic heterocycles. The summed E-state index contributed by atoms with van der Waals surface area (Å²) in [6.45, 7) is -0.00675. The van der Waals surface area contributed by atoms with Crippen molar-refractivity contribution in [3.8, 4) is 17.1 Å². The first-order chi connectivity index (χ1) is 17.2. The number of rotatable bonds is 4. The second-order valence-electron chi connectivity index (χ2n) is 8.99. The molecule has 1 fully saturated rings. The predicted octanol–water partition coefficient (Wildman–Crippen LogP) is 5.54. The average molecular weight is 526 g/mol. The van der Waals surface area contributed by atoms with Gasteiger partial charge in [-0.05, 0) is 54.2 Å². The first kappa shape index (κ1) is 22.9. The molecule has 6 nitrogen and oxygen atoms in total. The molecule has 0 saturated heterocycles. The molecular formula is C26H18ClF2N3O3S. The molecule has 0 amide bonds. The lowest BCUT2D eigenvalue weighted by Gasteiger charge is -2.16. The number of benzene rings is 2. The van der Waals surface area contributed by atoms with Crippen LogP contribution in [0.1, 0.15) is 29.9 Å². The molecule has 1 saturated carbocycles. The van der Waals surface area contributed by atoms with Crippen LogP contribution in [0, 0.1) is 11.6 Å².